The van der Waals surface area contributed by atoms with Crippen LogP contribution in [0.1, 0.15) is 57.6 Å². The van der Waals surface area contributed by atoms with Gasteiger partial charge in [-0.05, 0) is 37.1 Å². The van der Waals surface area contributed by atoms with Gasteiger partial charge in [-0.3, -0.25) is 4.57 Å². The molecule has 0 radical (unpaired) electrons. The number of imidazole rings is 1. The highest BCUT2D eigenvalue weighted by molar-refractivity contribution is 6.31. The summed E-state index contributed by atoms with van der Waals surface area (Å²) in [4.78, 5) is 18.0. The van der Waals surface area contributed by atoms with Crippen LogP contribution in [0.2, 0.25) is 5.02 Å². The van der Waals surface area contributed by atoms with Crippen LogP contribution in [0.3, 0.4) is 0 Å². The van der Waals surface area contributed by atoms with Crippen molar-refractivity contribution in [2.45, 2.75) is 52.0 Å². The van der Waals surface area contributed by atoms with Crippen molar-refractivity contribution in [2.24, 2.45) is 0 Å². The Kier molecular flexibility index (Phi) is 6.62. The Bertz CT molecular complexity index is 1120. The van der Waals surface area contributed by atoms with Crippen LogP contribution in [-0.2, 0) is 9.53 Å². The molecule has 0 fully saturated rings. The van der Waals surface area contributed by atoms with Gasteiger partial charge in [0.05, 0.1) is 29.3 Å². The van der Waals surface area contributed by atoms with Gasteiger partial charge in [-0.1, -0.05) is 74.5 Å². The molecule has 4 rings (SSSR count). The second kappa shape index (κ2) is 9.56. The monoisotopic (exact) mass is 437 g/mol. The largest absolute Gasteiger partial charge is 0.462 e. The average Bonchev–Trinajstić information content (AvgIpc) is 3.13. The third-order valence-corrected chi connectivity index (χ3v) is 6.08. The molecule has 6 heteroatoms. The van der Waals surface area contributed by atoms with Gasteiger partial charge in [0.2, 0.25) is 5.95 Å². The number of para-hydroxylation sites is 2. The number of anilines is 1. The lowest BCUT2D eigenvalue weighted by Gasteiger charge is -2.30. The first kappa shape index (κ1) is 21.4. The fourth-order valence-corrected chi connectivity index (χ4v) is 4.41. The van der Waals surface area contributed by atoms with E-state index in [-0.39, 0.29) is 5.97 Å². The maximum atomic E-state index is 13.3. The molecule has 5 nitrogen and oxygen atoms in total. The van der Waals surface area contributed by atoms with Crippen LogP contribution in [0.5, 0.6) is 0 Å². The molecule has 0 aliphatic carbocycles. The molecule has 2 aromatic carbocycles. The molecule has 0 bridgehead atoms. The second-order valence-electron chi connectivity index (χ2n) is 7.93. The van der Waals surface area contributed by atoms with Gasteiger partial charge in [0.15, 0.2) is 0 Å². The number of hydrogen-bond donors (Lipinski definition) is 1. The summed E-state index contributed by atoms with van der Waals surface area (Å²) in [5.41, 5.74) is 3.96. The molecule has 0 saturated carbocycles. The van der Waals surface area contributed by atoms with Gasteiger partial charge in [0.25, 0.3) is 0 Å². The van der Waals surface area contributed by atoms with Gasteiger partial charge in [0, 0.05) is 10.7 Å². The first-order valence-corrected chi connectivity index (χ1v) is 11.4. The SMILES string of the molecule is CCCCCCCOC(=O)C1=C(C)Nc2nc3ccccc3n2[C@@H]1c1ccccc1Cl. The Balaban J connectivity index is 1.70. The van der Waals surface area contributed by atoms with E-state index >= 15 is 0 Å². The van der Waals surface area contributed by atoms with E-state index in [4.69, 9.17) is 21.3 Å². The molecule has 0 unspecified atom stereocenters. The number of allylic oxidation sites excluding steroid dienone is 1. The van der Waals surface area contributed by atoms with E-state index in [1.807, 2.05) is 60.0 Å². The van der Waals surface area contributed by atoms with Crippen molar-refractivity contribution in [2.75, 3.05) is 11.9 Å². The zero-order chi connectivity index (χ0) is 21.8. The highest BCUT2D eigenvalue weighted by Gasteiger charge is 2.35. The molecule has 1 aliphatic heterocycles. The number of esters is 1. The number of nitrogens with zero attached hydrogens (tertiary/aromatic N) is 2. The summed E-state index contributed by atoms with van der Waals surface area (Å²) < 4.78 is 7.76. The lowest BCUT2D eigenvalue weighted by Crippen LogP contribution is -2.29. The zero-order valence-corrected chi connectivity index (χ0v) is 18.8. The predicted octanol–water partition coefficient (Wildman–Crippen LogP) is 6.49. The van der Waals surface area contributed by atoms with E-state index in [0.29, 0.717) is 23.2 Å². The van der Waals surface area contributed by atoms with E-state index in [1.54, 1.807) is 0 Å². The minimum Gasteiger partial charge on any atom is -0.462 e. The Labute approximate surface area is 188 Å². The minimum absolute atomic E-state index is 0.311. The van der Waals surface area contributed by atoms with Crippen LogP contribution in [0.15, 0.2) is 59.8 Å². The number of benzene rings is 2. The van der Waals surface area contributed by atoms with E-state index in [9.17, 15) is 4.79 Å². The van der Waals surface area contributed by atoms with Gasteiger partial charge in [-0.15, -0.1) is 0 Å². The topological polar surface area (TPSA) is 56.1 Å². The molecular formula is C25H28ClN3O2. The lowest BCUT2D eigenvalue weighted by atomic mass is 9.95. The van der Waals surface area contributed by atoms with Crippen molar-refractivity contribution in [3.63, 3.8) is 0 Å². The number of aromatic nitrogens is 2. The molecule has 1 atom stereocenters. The summed E-state index contributed by atoms with van der Waals surface area (Å²) >= 11 is 6.61. The Morgan fingerprint density at radius 1 is 1.10 bits per heavy atom. The number of rotatable bonds is 8. The molecular weight excluding hydrogens is 410 g/mol. The number of halogens is 1. The summed E-state index contributed by atoms with van der Waals surface area (Å²) in [7, 11) is 0. The lowest BCUT2D eigenvalue weighted by molar-refractivity contribution is -0.139. The Morgan fingerprint density at radius 2 is 1.84 bits per heavy atom. The van der Waals surface area contributed by atoms with E-state index in [0.717, 1.165) is 35.1 Å². The summed E-state index contributed by atoms with van der Waals surface area (Å²) in [5, 5.41) is 3.91. The average molecular weight is 438 g/mol. The number of hydrogen-bond acceptors (Lipinski definition) is 4. The van der Waals surface area contributed by atoms with Gasteiger partial charge < -0.3 is 10.1 Å². The van der Waals surface area contributed by atoms with Crippen LogP contribution >= 0.6 is 11.6 Å². The summed E-state index contributed by atoms with van der Waals surface area (Å²) in [6.07, 6.45) is 5.53. The molecule has 0 saturated heterocycles. The molecule has 1 aliphatic rings. The predicted molar refractivity (Wildman–Crippen MR) is 125 cm³/mol. The van der Waals surface area contributed by atoms with Crippen LogP contribution < -0.4 is 5.32 Å². The van der Waals surface area contributed by atoms with Crippen LogP contribution in [0, 0.1) is 0 Å². The van der Waals surface area contributed by atoms with E-state index < -0.39 is 6.04 Å². The molecule has 162 valence electrons. The third kappa shape index (κ3) is 4.33. The number of ether oxygens (including phenoxy) is 1. The smallest absolute Gasteiger partial charge is 0.338 e. The number of carbonyl (C=O) groups excluding carboxylic acids is 1. The van der Waals surface area contributed by atoms with E-state index in [1.165, 1.54) is 19.3 Å². The Hall–Kier alpha value is -2.79. The second-order valence-corrected chi connectivity index (χ2v) is 8.34. The van der Waals surface area contributed by atoms with Gasteiger partial charge in [0.1, 0.15) is 0 Å². The van der Waals surface area contributed by atoms with Crippen molar-refractivity contribution in [1.82, 2.24) is 9.55 Å². The van der Waals surface area contributed by atoms with Crippen molar-refractivity contribution in [3.05, 3.63) is 70.4 Å². The van der Waals surface area contributed by atoms with Crippen molar-refractivity contribution >= 4 is 34.6 Å². The van der Waals surface area contributed by atoms with Crippen molar-refractivity contribution < 1.29 is 9.53 Å². The fourth-order valence-electron chi connectivity index (χ4n) is 4.17. The number of carbonyl (C=O) groups is 1. The highest BCUT2D eigenvalue weighted by atomic mass is 35.5. The van der Waals surface area contributed by atoms with Gasteiger partial charge in [-0.2, -0.15) is 0 Å². The minimum atomic E-state index is -0.412. The summed E-state index contributed by atoms with van der Waals surface area (Å²) in [6, 6.07) is 15.1. The maximum absolute atomic E-state index is 13.3. The van der Waals surface area contributed by atoms with Gasteiger partial charge >= 0.3 is 5.97 Å². The van der Waals surface area contributed by atoms with Crippen LogP contribution in [0.25, 0.3) is 11.0 Å². The summed E-state index contributed by atoms with van der Waals surface area (Å²) in [6.45, 7) is 4.50. The highest BCUT2D eigenvalue weighted by Crippen LogP contribution is 2.41. The maximum Gasteiger partial charge on any atom is 0.338 e. The first-order valence-electron chi connectivity index (χ1n) is 11.0. The molecule has 0 spiro atoms. The molecule has 1 aromatic heterocycles. The normalized spacial score (nSPS) is 15.6. The molecule has 1 N–H and O–H groups in total. The molecule has 3 aromatic rings. The molecule has 31 heavy (non-hydrogen) atoms. The van der Waals surface area contributed by atoms with Crippen molar-refractivity contribution in [1.29, 1.82) is 0 Å². The van der Waals surface area contributed by atoms with Crippen molar-refractivity contribution in [3.8, 4) is 0 Å². The first-order chi connectivity index (χ1) is 15.1. The van der Waals surface area contributed by atoms with Crippen LogP contribution in [-0.4, -0.2) is 22.1 Å². The van der Waals surface area contributed by atoms with Gasteiger partial charge in [-0.25, -0.2) is 9.78 Å². The third-order valence-electron chi connectivity index (χ3n) is 5.73. The zero-order valence-electron chi connectivity index (χ0n) is 18.0. The standard InChI is InChI=1S/C25H28ClN3O2/c1-3-4-5-6-11-16-31-24(30)22-17(2)27-25-28-20-14-9-10-15-21(20)29(25)23(22)18-12-7-8-13-19(18)26/h7-10,12-15,23H,3-6,11,16H2,1-2H3,(H,27,28)/t23-/m1/s1. The summed E-state index contributed by atoms with van der Waals surface area (Å²) in [5.74, 6) is 0.383. The molecule has 0 amide bonds. The fraction of sp³-hybridized carbons (Fsp3) is 0.360. The van der Waals surface area contributed by atoms with E-state index in [2.05, 4.69) is 12.2 Å². The number of nitrogens with one attached hydrogen (secondary N) is 1. The quantitative estimate of drug-likeness (QED) is 0.323. The Morgan fingerprint density at radius 3 is 2.65 bits per heavy atom. The van der Waals surface area contributed by atoms with Crippen LogP contribution in [0.4, 0.5) is 5.95 Å². The molecule has 2 heterocycles. The number of fused-ring (bicyclic) bond motifs is 3. The number of unbranched alkanes of at least 4 members (excludes halogenated alkanes) is 4.